The standard InChI is InChI=1S/C38H39F3N6O5S/c1-38(2,3)52-37(49)46-20-21-47(53(50,51)30-14-5-4-6-15-30)29(24-46)18-19-31-32(41)16-9-17-33(31)43-36(48)35(44-45-42)34(25-10-7-12-27(39)22-25)26-11-8-13-28(40)23-26/h4-17,22-23,29,34-35H,18-21,24H2,1-3H3,(H,43,48). The molecule has 4 aromatic rings. The van der Waals surface area contributed by atoms with E-state index in [0.717, 1.165) is 12.1 Å². The van der Waals surface area contributed by atoms with Crippen LogP contribution in [0, 0.1) is 17.5 Å². The van der Waals surface area contributed by atoms with Crippen LogP contribution >= 0.6 is 0 Å². The fourth-order valence-corrected chi connectivity index (χ4v) is 8.00. The molecule has 4 aromatic carbocycles. The number of piperazine rings is 1. The molecule has 0 aliphatic carbocycles. The predicted molar refractivity (Wildman–Crippen MR) is 193 cm³/mol. The van der Waals surface area contributed by atoms with Crippen molar-refractivity contribution in [2.45, 2.75) is 62.1 Å². The number of halogens is 3. The van der Waals surface area contributed by atoms with E-state index in [1.54, 1.807) is 39.0 Å². The molecule has 5 rings (SSSR count). The number of nitrogens with one attached hydrogen (secondary N) is 1. The molecule has 2 unspecified atom stereocenters. The third-order valence-corrected chi connectivity index (χ3v) is 10.7. The number of hydrogen-bond donors (Lipinski definition) is 1. The Morgan fingerprint density at radius 1 is 0.925 bits per heavy atom. The fourth-order valence-electron chi connectivity index (χ4n) is 6.34. The number of sulfonamides is 1. The van der Waals surface area contributed by atoms with Gasteiger partial charge in [0.25, 0.3) is 0 Å². The molecule has 1 N–H and O–H groups in total. The van der Waals surface area contributed by atoms with Gasteiger partial charge in [-0.15, -0.1) is 0 Å². The van der Waals surface area contributed by atoms with Crippen LogP contribution in [-0.2, 0) is 26.0 Å². The van der Waals surface area contributed by atoms with E-state index in [4.69, 9.17) is 4.74 Å². The maximum absolute atomic E-state index is 15.6. The van der Waals surface area contributed by atoms with Crippen LogP contribution in [0.15, 0.2) is 107 Å². The molecule has 0 radical (unpaired) electrons. The monoisotopic (exact) mass is 748 g/mol. The van der Waals surface area contributed by atoms with Crippen molar-refractivity contribution in [3.8, 4) is 0 Å². The van der Waals surface area contributed by atoms with E-state index in [1.165, 1.54) is 75.9 Å². The van der Waals surface area contributed by atoms with Gasteiger partial charge < -0.3 is 15.0 Å². The number of benzene rings is 4. The Morgan fingerprint density at radius 2 is 1.55 bits per heavy atom. The van der Waals surface area contributed by atoms with Crippen molar-refractivity contribution in [2.75, 3.05) is 25.0 Å². The summed E-state index contributed by atoms with van der Waals surface area (Å²) in [6, 6.07) is 20.0. The third-order valence-electron chi connectivity index (χ3n) is 8.71. The first-order valence-electron chi connectivity index (χ1n) is 16.9. The van der Waals surface area contributed by atoms with Crippen molar-refractivity contribution in [2.24, 2.45) is 5.11 Å². The number of azide groups is 1. The third kappa shape index (κ3) is 9.55. The number of nitrogens with zero attached hydrogens (tertiary/aromatic N) is 5. The van der Waals surface area contributed by atoms with Crippen LogP contribution in [-0.4, -0.2) is 66.9 Å². The number of carbonyl (C=O) groups excluding carboxylic acids is 2. The number of amides is 2. The molecule has 1 saturated heterocycles. The smallest absolute Gasteiger partial charge is 0.410 e. The maximum atomic E-state index is 15.6. The minimum Gasteiger partial charge on any atom is -0.444 e. The highest BCUT2D eigenvalue weighted by atomic mass is 32.2. The lowest BCUT2D eigenvalue weighted by Gasteiger charge is -2.41. The Morgan fingerprint density at radius 3 is 2.13 bits per heavy atom. The fraction of sp³-hybridized carbons (Fsp3) is 0.316. The molecule has 1 aliphatic rings. The van der Waals surface area contributed by atoms with E-state index in [-0.39, 0.29) is 59.7 Å². The Labute approximate surface area is 306 Å². The lowest BCUT2D eigenvalue weighted by atomic mass is 9.84. The second kappa shape index (κ2) is 16.5. The summed E-state index contributed by atoms with van der Waals surface area (Å²) in [5.74, 6) is -3.98. The first-order chi connectivity index (χ1) is 25.2. The predicted octanol–water partition coefficient (Wildman–Crippen LogP) is 7.80. The van der Waals surface area contributed by atoms with E-state index < -0.39 is 63.1 Å². The molecule has 0 spiro atoms. The van der Waals surface area contributed by atoms with Gasteiger partial charge >= 0.3 is 6.09 Å². The minimum absolute atomic E-state index is 0.0163. The molecule has 278 valence electrons. The molecule has 0 bridgehead atoms. The first-order valence-corrected chi connectivity index (χ1v) is 18.3. The summed E-state index contributed by atoms with van der Waals surface area (Å²) in [6.07, 6.45) is -0.669. The minimum atomic E-state index is -4.03. The van der Waals surface area contributed by atoms with Gasteiger partial charge in [0, 0.05) is 47.8 Å². The molecular weight excluding hydrogens is 710 g/mol. The first kappa shape index (κ1) is 38.9. The molecule has 53 heavy (non-hydrogen) atoms. The van der Waals surface area contributed by atoms with Gasteiger partial charge in [0.15, 0.2) is 0 Å². The topological polar surface area (TPSA) is 145 Å². The second-order valence-corrected chi connectivity index (χ2v) is 15.4. The van der Waals surface area contributed by atoms with Crippen molar-refractivity contribution < 1.29 is 35.9 Å². The molecule has 0 aromatic heterocycles. The zero-order valence-corrected chi connectivity index (χ0v) is 30.1. The Bertz CT molecular complexity index is 2060. The SMILES string of the molecule is CC(C)(C)OC(=O)N1CCN(S(=O)(=O)c2ccccc2)C(CCc2c(F)cccc2NC(=O)C(N=[N+]=[N-])C(c2cccc(F)c2)c2cccc(F)c2)C1. The van der Waals surface area contributed by atoms with Crippen LogP contribution in [0.1, 0.15) is 49.8 Å². The number of rotatable bonds is 11. The van der Waals surface area contributed by atoms with Crippen LogP contribution in [0.4, 0.5) is 23.7 Å². The number of ether oxygens (including phenoxy) is 1. The van der Waals surface area contributed by atoms with Gasteiger partial charge in [-0.1, -0.05) is 53.6 Å². The molecule has 0 saturated carbocycles. The highest BCUT2D eigenvalue weighted by molar-refractivity contribution is 7.89. The van der Waals surface area contributed by atoms with Crippen molar-refractivity contribution in [3.63, 3.8) is 0 Å². The molecule has 2 atom stereocenters. The normalized spacial score (nSPS) is 15.8. The molecule has 1 heterocycles. The average molecular weight is 749 g/mol. The van der Waals surface area contributed by atoms with E-state index in [9.17, 15) is 32.3 Å². The number of anilines is 1. The van der Waals surface area contributed by atoms with Crippen LogP contribution in [0.3, 0.4) is 0 Å². The van der Waals surface area contributed by atoms with Gasteiger partial charge in [0.05, 0.1) is 4.90 Å². The maximum Gasteiger partial charge on any atom is 0.410 e. The van der Waals surface area contributed by atoms with Gasteiger partial charge in [0.1, 0.15) is 29.1 Å². The molecule has 11 nitrogen and oxygen atoms in total. The Hall–Kier alpha value is -5.37. The molecule has 15 heteroatoms. The zero-order chi connectivity index (χ0) is 38.3. The lowest BCUT2D eigenvalue weighted by Crippen LogP contribution is -2.57. The largest absolute Gasteiger partial charge is 0.444 e. The summed E-state index contributed by atoms with van der Waals surface area (Å²) in [5.41, 5.74) is 9.22. The highest BCUT2D eigenvalue weighted by Crippen LogP contribution is 2.33. The summed E-state index contributed by atoms with van der Waals surface area (Å²) in [5, 5.41) is 6.37. The van der Waals surface area contributed by atoms with Gasteiger partial charge in [-0.3, -0.25) is 4.79 Å². The summed E-state index contributed by atoms with van der Waals surface area (Å²) >= 11 is 0. The Kier molecular flexibility index (Phi) is 12.1. The van der Waals surface area contributed by atoms with Gasteiger partial charge in [-0.25, -0.2) is 26.4 Å². The zero-order valence-electron chi connectivity index (χ0n) is 29.3. The molecule has 2 amide bonds. The number of hydrogen-bond acceptors (Lipinski definition) is 6. The van der Waals surface area contributed by atoms with Crippen LogP contribution < -0.4 is 5.32 Å². The van der Waals surface area contributed by atoms with Crippen molar-refractivity contribution in [1.29, 1.82) is 0 Å². The van der Waals surface area contributed by atoms with Gasteiger partial charge in [-0.2, -0.15) is 4.31 Å². The van der Waals surface area contributed by atoms with Crippen molar-refractivity contribution in [1.82, 2.24) is 9.21 Å². The number of carbonyl (C=O) groups is 2. The Balaban J connectivity index is 1.45. The van der Waals surface area contributed by atoms with E-state index in [0.29, 0.717) is 0 Å². The molecule has 1 fully saturated rings. The molecular formula is C38H39F3N6O5S. The van der Waals surface area contributed by atoms with Crippen molar-refractivity contribution >= 4 is 27.7 Å². The van der Waals surface area contributed by atoms with Gasteiger partial charge in [-0.05, 0) is 98.8 Å². The van der Waals surface area contributed by atoms with Crippen LogP contribution in [0.25, 0.3) is 10.4 Å². The van der Waals surface area contributed by atoms with Crippen LogP contribution in [0.5, 0.6) is 0 Å². The van der Waals surface area contributed by atoms with E-state index in [1.807, 2.05) is 0 Å². The second-order valence-electron chi connectivity index (χ2n) is 13.5. The summed E-state index contributed by atoms with van der Waals surface area (Å²) in [7, 11) is -4.03. The highest BCUT2D eigenvalue weighted by Gasteiger charge is 2.39. The lowest BCUT2D eigenvalue weighted by molar-refractivity contribution is -0.117. The van der Waals surface area contributed by atoms with Crippen molar-refractivity contribution in [3.05, 3.63) is 142 Å². The summed E-state index contributed by atoms with van der Waals surface area (Å²) < 4.78 is 79.0. The van der Waals surface area contributed by atoms with E-state index >= 15 is 4.39 Å². The van der Waals surface area contributed by atoms with Gasteiger partial charge in [0.2, 0.25) is 15.9 Å². The van der Waals surface area contributed by atoms with E-state index in [2.05, 4.69) is 15.3 Å². The molecule has 1 aliphatic heterocycles. The quantitative estimate of drug-likeness (QED) is 0.0946. The average Bonchev–Trinajstić information content (AvgIpc) is 3.11. The summed E-state index contributed by atoms with van der Waals surface area (Å²) in [4.78, 5) is 31.4. The van der Waals surface area contributed by atoms with Crippen LogP contribution in [0.2, 0.25) is 0 Å². The summed E-state index contributed by atoms with van der Waals surface area (Å²) in [6.45, 7) is 5.14.